The molecule has 8 heteroatoms. The molecule has 1 saturated heterocycles. The highest BCUT2D eigenvalue weighted by Crippen LogP contribution is 2.26. The summed E-state index contributed by atoms with van der Waals surface area (Å²) in [5.74, 6) is 0.744. The van der Waals surface area contributed by atoms with Crippen LogP contribution in [0.25, 0.3) is 0 Å². The molecule has 126 valence electrons. The van der Waals surface area contributed by atoms with Gasteiger partial charge in [0.25, 0.3) is 5.91 Å². The lowest BCUT2D eigenvalue weighted by Gasteiger charge is -2.28. The van der Waals surface area contributed by atoms with Crippen molar-refractivity contribution in [2.75, 3.05) is 42.4 Å². The number of nitrogens with zero attached hydrogens (tertiary/aromatic N) is 3. The average Bonchev–Trinajstić information content (AvgIpc) is 2.62. The van der Waals surface area contributed by atoms with Crippen molar-refractivity contribution in [3.05, 3.63) is 41.7 Å². The van der Waals surface area contributed by atoms with E-state index in [0.717, 1.165) is 18.7 Å². The maximum atomic E-state index is 12.1. The van der Waals surface area contributed by atoms with Crippen LogP contribution in [0.5, 0.6) is 0 Å². The lowest BCUT2D eigenvalue weighted by molar-refractivity contribution is 0.0962. The number of aryl methyl sites for hydroxylation is 1. The van der Waals surface area contributed by atoms with E-state index in [9.17, 15) is 4.79 Å². The zero-order valence-corrected chi connectivity index (χ0v) is 13.5. The van der Waals surface area contributed by atoms with Gasteiger partial charge in [0.2, 0.25) is 0 Å². The molecule has 0 unspecified atom stereocenters. The second kappa shape index (κ2) is 7.14. The summed E-state index contributed by atoms with van der Waals surface area (Å²) in [5.41, 5.74) is 13.5. The highest BCUT2D eigenvalue weighted by atomic mass is 16.5. The predicted molar refractivity (Wildman–Crippen MR) is 91.7 cm³/mol. The molecule has 4 N–H and O–H groups in total. The number of aromatic nitrogens is 2. The zero-order chi connectivity index (χ0) is 16.9. The minimum atomic E-state index is -0.263. The minimum Gasteiger partial charge on any atom is -0.393 e. The van der Waals surface area contributed by atoms with Crippen molar-refractivity contribution in [2.45, 2.75) is 6.92 Å². The number of nitrogens with one attached hydrogen (secondary N) is 2. The Bertz CT molecular complexity index is 713. The van der Waals surface area contributed by atoms with Crippen LogP contribution in [0, 0.1) is 6.92 Å². The first-order chi connectivity index (χ1) is 11.6. The number of hydrazine groups is 1. The lowest BCUT2D eigenvalue weighted by Crippen LogP contribution is -2.37. The van der Waals surface area contributed by atoms with Gasteiger partial charge in [-0.1, -0.05) is 17.7 Å². The van der Waals surface area contributed by atoms with E-state index in [0.29, 0.717) is 36.1 Å². The molecule has 1 aliphatic rings. The topological polar surface area (TPSA) is 105 Å². The van der Waals surface area contributed by atoms with Gasteiger partial charge in [0.15, 0.2) is 11.6 Å². The Kier molecular flexibility index (Phi) is 4.76. The van der Waals surface area contributed by atoms with Crippen molar-refractivity contribution in [1.29, 1.82) is 0 Å². The summed E-state index contributed by atoms with van der Waals surface area (Å²) in [5, 5.41) is 0. The van der Waals surface area contributed by atoms with Crippen LogP contribution < -0.4 is 21.5 Å². The van der Waals surface area contributed by atoms with Gasteiger partial charge in [-0.2, -0.15) is 0 Å². The van der Waals surface area contributed by atoms with Crippen LogP contribution in [0.15, 0.2) is 30.6 Å². The van der Waals surface area contributed by atoms with Crippen LogP contribution in [0.2, 0.25) is 0 Å². The van der Waals surface area contributed by atoms with E-state index in [1.54, 1.807) is 12.1 Å². The molecule has 1 fully saturated rings. The lowest BCUT2D eigenvalue weighted by atomic mass is 10.1. The quantitative estimate of drug-likeness (QED) is 0.718. The number of nitrogen functional groups attached to an aromatic ring is 1. The van der Waals surface area contributed by atoms with E-state index in [2.05, 4.69) is 20.8 Å². The number of anilines is 3. The van der Waals surface area contributed by atoms with E-state index in [4.69, 9.17) is 10.5 Å². The molecule has 1 aliphatic heterocycles. The molecule has 1 aromatic carbocycles. The summed E-state index contributed by atoms with van der Waals surface area (Å²) in [4.78, 5) is 22.5. The fourth-order valence-electron chi connectivity index (χ4n) is 2.41. The number of hydrogen-bond acceptors (Lipinski definition) is 7. The van der Waals surface area contributed by atoms with Gasteiger partial charge < -0.3 is 15.4 Å². The summed E-state index contributed by atoms with van der Waals surface area (Å²) in [6, 6.07) is 7.28. The van der Waals surface area contributed by atoms with Crippen molar-refractivity contribution in [1.82, 2.24) is 15.4 Å². The Hall–Kier alpha value is -2.87. The summed E-state index contributed by atoms with van der Waals surface area (Å²) in [7, 11) is 0. The second-order valence-corrected chi connectivity index (χ2v) is 5.50. The van der Waals surface area contributed by atoms with Crippen LogP contribution in [-0.4, -0.2) is 42.2 Å². The zero-order valence-electron chi connectivity index (χ0n) is 13.5. The largest absolute Gasteiger partial charge is 0.393 e. The SMILES string of the molecule is Cc1ccc(C(=O)NNc2ncnc(N3CCOCC3)c2N)cc1. The highest BCUT2D eigenvalue weighted by Gasteiger charge is 2.18. The molecular weight excluding hydrogens is 308 g/mol. The smallest absolute Gasteiger partial charge is 0.269 e. The number of morpholine rings is 1. The van der Waals surface area contributed by atoms with Gasteiger partial charge in [0.05, 0.1) is 13.2 Å². The summed E-state index contributed by atoms with van der Waals surface area (Å²) < 4.78 is 5.33. The van der Waals surface area contributed by atoms with Crippen LogP contribution in [-0.2, 0) is 4.74 Å². The number of benzene rings is 1. The normalized spacial score (nSPS) is 14.3. The molecule has 1 aromatic heterocycles. The Balaban J connectivity index is 1.68. The average molecular weight is 328 g/mol. The predicted octanol–water partition coefficient (Wildman–Crippen LogP) is 0.961. The molecule has 24 heavy (non-hydrogen) atoms. The van der Waals surface area contributed by atoms with Gasteiger partial charge in [-0.3, -0.25) is 15.6 Å². The Labute approximate surface area is 140 Å². The molecule has 0 aliphatic carbocycles. The number of ether oxygens (including phenoxy) is 1. The first-order valence-corrected chi connectivity index (χ1v) is 7.71. The monoisotopic (exact) mass is 328 g/mol. The van der Waals surface area contributed by atoms with Crippen LogP contribution in [0.3, 0.4) is 0 Å². The number of nitrogens with two attached hydrogens (primary N) is 1. The van der Waals surface area contributed by atoms with Crippen molar-refractivity contribution >= 4 is 23.2 Å². The Morgan fingerprint density at radius 2 is 1.92 bits per heavy atom. The molecule has 3 rings (SSSR count). The van der Waals surface area contributed by atoms with Crippen LogP contribution in [0.1, 0.15) is 15.9 Å². The molecular formula is C16H20N6O2. The van der Waals surface area contributed by atoms with Gasteiger partial charge in [-0.25, -0.2) is 9.97 Å². The van der Waals surface area contributed by atoms with Gasteiger partial charge in [-0.15, -0.1) is 0 Å². The number of hydrogen-bond donors (Lipinski definition) is 3. The Morgan fingerprint density at radius 1 is 1.21 bits per heavy atom. The van der Waals surface area contributed by atoms with Gasteiger partial charge in [0.1, 0.15) is 12.0 Å². The van der Waals surface area contributed by atoms with Gasteiger partial charge in [-0.05, 0) is 19.1 Å². The first-order valence-electron chi connectivity index (χ1n) is 7.71. The number of carbonyl (C=O) groups excluding carboxylic acids is 1. The molecule has 2 heterocycles. The third-order valence-electron chi connectivity index (χ3n) is 3.78. The van der Waals surface area contributed by atoms with E-state index in [-0.39, 0.29) is 5.91 Å². The van der Waals surface area contributed by atoms with Gasteiger partial charge >= 0.3 is 0 Å². The molecule has 0 radical (unpaired) electrons. The second-order valence-electron chi connectivity index (χ2n) is 5.50. The molecule has 0 bridgehead atoms. The van der Waals surface area contributed by atoms with E-state index < -0.39 is 0 Å². The molecule has 2 aromatic rings. The third kappa shape index (κ3) is 3.54. The van der Waals surface area contributed by atoms with Crippen molar-refractivity contribution < 1.29 is 9.53 Å². The van der Waals surface area contributed by atoms with E-state index >= 15 is 0 Å². The number of carbonyl (C=O) groups is 1. The maximum absolute atomic E-state index is 12.1. The number of amides is 1. The third-order valence-corrected chi connectivity index (χ3v) is 3.78. The van der Waals surface area contributed by atoms with Crippen molar-refractivity contribution in [3.8, 4) is 0 Å². The highest BCUT2D eigenvalue weighted by molar-refractivity contribution is 5.95. The van der Waals surface area contributed by atoms with Crippen LogP contribution >= 0.6 is 0 Å². The van der Waals surface area contributed by atoms with Crippen molar-refractivity contribution in [3.63, 3.8) is 0 Å². The summed E-state index contributed by atoms with van der Waals surface area (Å²) >= 11 is 0. The molecule has 0 spiro atoms. The van der Waals surface area contributed by atoms with E-state index in [1.807, 2.05) is 24.0 Å². The number of rotatable bonds is 4. The van der Waals surface area contributed by atoms with Crippen molar-refractivity contribution in [2.24, 2.45) is 0 Å². The van der Waals surface area contributed by atoms with E-state index in [1.165, 1.54) is 6.33 Å². The molecule has 1 amide bonds. The fourth-order valence-corrected chi connectivity index (χ4v) is 2.41. The first kappa shape index (κ1) is 16.0. The fraction of sp³-hybridized carbons (Fsp3) is 0.312. The molecule has 0 saturated carbocycles. The summed E-state index contributed by atoms with van der Waals surface area (Å²) in [6.45, 7) is 4.67. The molecule has 8 nitrogen and oxygen atoms in total. The Morgan fingerprint density at radius 3 is 2.62 bits per heavy atom. The standard InChI is InChI=1S/C16H20N6O2/c1-11-2-4-12(5-3-11)16(23)21-20-14-13(17)15(19-10-18-14)22-6-8-24-9-7-22/h2-5,10H,6-9,17H2,1H3,(H,21,23)(H,18,19,20). The minimum absolute atomic E-state index is 0.263. The summed E-state index contributed by atoms with van der Waals surface area (Å²) in [6.07, 6.45) is 1.42. The maximum Gasteiger partial charge on any atom is 0.269 e. The van der Waals surface area contributed by atoms with Crippen LogP contribution in [0.4, 0.5) is 17.3 Å². The van der Waals surface area contributed by atoms with Gasteiger partial charge in [0, 0.05) is 18.7 Å². The molecule has 0 atom stereocenters.